The van der Waals surface area contributed by atoms with Crippen molar-refractivity contribution in [2.75, 3.05) is 13.2 Å². The smallest absolute Gasteiger partial charge is 0.445 e. The molecular formula is C11H19NO5Si. The molecule has 0 aromatic carbocycles. The lowest BCUT2D eigenvalue weighted by Gasteiger charge is -2.40. The molecule has 102 valence electrons. The predicted molar refractivity (Wildman–Crippen MR) is 67.6 cm³/mol. The Bertz CT molecular complexity index is 327. The lowest BCUT2D eigenvalue weighted by atomic mass is 10.2. The number of hydroxylamine groups is 2. The summed E-state index contributed by atoms with van der Waals surface area (Å²) in [5.74, 6) is -0.701. The van der Waals surface area contributed by atoms with Gasteiger partial charge in [-0.3, -0.25) is 0 Å². The fourth-order valence-corrected chi connectivity index (χ4v) is 2.55. The van der Waals surface area contributed by atoms with Gasteiger partial charge in [0.2, 0.25) is 0 Å². The molecule has 6 nitrogen and oxygen atoms in total. The highest BCUT2D eigenvalue weighted by molar-refractivity contribution is 6.15. The van der Waals surface area contributed by atoms with Crippen LogP contribution in [0.5, 0.6) is 0 Å². The number of nitrogens with zero attached hydrogens (tertiary/aromatic N) is 1. The van der Waals surface area contributed by atoms with Crippen LogP contribution >= 0.6 is 0 Å². The number of amides is 1. The normalized spacial score (nSPS) is 23.2. The summed E-state index contributed by atoms with van der Waals surface area (Å²) in [5, 5.41) is 0.0784. The number of hydrogen-bond donors (Lipinski definition) is 0. The molecule has 1 amide bonds. The Morgan fingerprint density at radius 3 is 2.78 bits per heavy atom. The van der Waals surface area contributed by atoms with Crippen LogP contribution in [0.25, 0.3) is 0 Å². The number of hydrogen-bond acceptors (Lipinski definition) is 5. The summed E-state index contributed by atoms with van der Waals surface area (Å²) < 4.78 is 10.5. The fraction of sp³-hybridized carbons (Fsp3) is 0.636. The lowest BCUT2D eigenvalue weighted by molar-refractivity contribution is -0.247. The standard InChI is InChI=1S/C11H19NO5Si/c1-3-9(13)17-12(10(14)15-4-2)11(18)7-5-6-8-16-11/h3H,1,4-8H2,2,18H3. The highest BCUT2D eigenvalue weighted by Gasteiger charge is 2.41. The Morgan fingerprint density at radius 2 is 2.28 bits per heavy atom. The summed E-state index contributed by atoms with van der Waals surface area (Å²) in [7, 11) is 0.518. The van der Waals surface area contributed by atoms with E-state index in [0.717, 1.165) is 24.0 Å². The number of ether oxygens (including phenoxy) is 2. The molecule has 1 aliphatic heterocycles. The Labute approximate surface area is 109 Å². The minimum Gasteiger partial charge on any atom is -0.448 e. The zero-order valence-corrected chi connectivity index (χ0v) is 12.8. The van der Waals surface area contributed by atoms with Gasteiger partial charge >= 0.3 is 12.1 Å². The highest BCUT2D eigenvalue weighted by Crippen LogP contribution is 2.27. The van der Waals surface area contributed by atoms with E-state index >= 15 is 0 Å². The Balaban J connectivity index is 2.83. The second-order valence-corrected chi connectivity index (χ2v) is 5.65. The molecule has 0 spiro atoms. The molecule has 0 aliphatic carbocycles. The minimum absolute atomic E-state index is 0.207. The molecule has 1 heterocycles. The van der Waals surface area contributed by atoms with Gasteiger partial charge in [-0.25, -0.2) is 9.59 Å². The zero-order chi connectivity index (χ0) is 13.6. The van der Waals surface area contributed by atoms with Crippen molar-refractivity contribution in [2.45, 2.75) is 31.5 Å². The monoisotopic (exact) mass is 273 g/mol. The Morgan fingerprint density at radius 1 is 1.56 bits per heavy atom. The molecule has 1 atom stereocenters. The molecule has 1 fully saturated rings. The van der Waals surface area contributed by atoms with Crippen LogP contribution in [0.1, 0.15) is 26.2 Å². The van der Waals surface area contributed by atoms with Gasteiger partial charge in [-0.15, -0.1) is 5.06 Å². The molecule has 7 heteroatoms. The third kappa shape index (κ3) is 3.57. The first-order chi connectivity index (χ1) is 8.53. The number of rotatable bonds is 3. The third-order valence-corrected chi connectivity index (χ3v) is 3.85. The van der Waals surface area contributed by atoms with Crippen LogP contribution in [0.15, 0.2) is 12.7 Å². The van der Waals surface area contributed by atoms with Gasteiger partial charge in [0.25, 0.3) is 0 Å². The van der Waals surface area contributed by atoms with Crippen molar-refractivity contribution < 1.29 is 23.9 Å². The van der Waals surface area contributed by atoms with Crippen LogP contribution in [0.2, 0.25) is 0 Å². The first-order valence-corrected chi connectivity index (χ1v) is 6.99. The maximum Gasteiger partial charge on any atom is 0.445 e. The van der Waals surface area contributed by atoms with Crippen molar-refractivity contribution in [1.29, 1.82) is 0 Å². The number of carbonyl (C=O) groups is 2. The topological polar surface area (TPSA) is 65.1 Å². The van der Waals surface area contributed by atoms with Gasteiger partial charge in [-0.1, -0.05) is 6.58 Å². The molecule has 0 bridgehead atoms. The van der Waals surface area contributed by atoms with E-state index in [0.29, 0.717) is 23.3 Å². The first-order valence-electron chi connectivity index (χ1n) is 5.99. The van der Waals surface area contributed by atoms with Crippen molar-refractivity contribution in [3.05, 3.63) is 12.7 Å². The lowest BCUT2D eigenvalue weighted by Crippen LogP contribution is -2.56. The summed E-state index contributed by atoms with van der Waals surface area (Å²) in [6.07, 6.45) is 2.80. The largest absolute Gasteiger partial charge is 0.448 e. The second kappa shape index (κ2) is 6.55. The van der Waals surface area contributed by atoms with Gasteiger partial charge in [0.05, 0.1) is 16.8 Å². The Hall–Kier alpha value is -1.34. The average molecular weight is 273 g/mol. The van der Waals surface area contributed by atoms with E-state index in [1.54, 1.807) is 6.92 Å². The predicted octanol–water partition coefficient (Wildman–Crippen LogP) is 0.309. The summed E-state index contributed by atoms with van der Waals surface area (Å²) >= 11 is 0. The summed E-state index contributed by atoms with van der Waals surface area (Å²) in [5.41, 5.74) is 0. The molecule has 0 saturated carbocycles. The van der Waals surface area contributed by atoms with Gasteiger partial charge in [-0.2, -0.15) is 0 Å². The molecule has 1 aliphatic rings. The van der Waals surface area contributed by atoms with Crippen LogP contribution in [0.4, 0.5) is 4.79 Å². The number of carbonyl (C=O) groups excluding carboxylic acids is 2. The maximum absolute atomic E-state index is 11.8. The molecule has 0 radical (unpaired) electrons. The van der Waals surface area contributed by atoms with Crippen LogP contribution < -0.4 is 0 Å². The van der Waals surface area contributed by atoms with E-state index in [4.69, 9.17) is 14.3 Å². The van der Waals surface area contributed by atoms with Crippen LogP contribution in [0.3, 0.4) is 0 Å². The van der Waals surface area contributed by atoms with E-state index in [1.807, 2.05) is 0 Å². The quantitative estimate of drug-likeness (QED) is 0.420. The van der Waals surface area contributed by atoms with Crippen molar-refractivity contribution in [3.8, 4) is 0 Å². The van der Waals surface area contributed by atoms with Crippen molar-refractivity contribution in [3.63, 3.8) is 0 Å². The molecule has 0 aromatic rings. The Kier molecular flexibility index (Phi) is 5.36. The van der Waals surface area contributed by atoms with E-state index in [2.05, 4.69) is 6.58 Å². The SMILES string of the molecule is C=CC(=O)ON(C(=O)OCC)C1([SiH3])CCCCO1. The molecule has 1 rings (SSSR count). The van der Waals surface area contributed by atoms with E-state index in [1.165, 1.54) is 0 Å². The first kappa shape index (κ1) is 14.7. The molecular weight excluding hydrogens is 254 g/mol. The van der Waals surface area contributed by atoms with Gasteiger partial charge in [-0.05, 0) is 26.2 Å². The molecule has 1 unspecified atom stereocenters. The van der Waals surface area contributed by atoms with E-state index < -0.39 is 17.4 Å². The van der Waals surface area contributed by atoms with Crippen LogP contribution in [0, 0.1) is 0 Å². The molecule has 1 saturated heterocycles. The molecule has 0 aromatic heterocycles. The summed E-state index contributed by atoms with van der Waals surface area (Å²) in [4.78, 5) is 28.1. The van der Waals surface area contributed by atoms with E-state index in [-0.39, 0.29) is 6.61 Å². The summed E-state index contributed by atoms with van der Waals surface area (Å²) in [6.45, 7) is 5.75. The van der Waals surface area contributed by atoms with Crippen LogP contribution in [-0.4, -0.2) is 45.9 Å². The van der Waals surface area contributed by atoms with Crippen molar-refractivity contribution in [2.24, 2.45) is 0 Å². The fourth-order valence-electron chi connectivity index (χ4n) is 1.72. The molecule has 0 N–H and O–H groups in total. The second-order valence-electron chi connectivity index (χ2n) is 4.09. The highest BCUT2D eigenvalue weighted by atomic mass is 28.1. The average Bonchev–Trinajstić information content (AvgIpc) is 2.36. The maximum atomic E-state index is 11.8. The third-order valence-electron chi connectivity index (χ3n) is 2.66. The van der Waals surface area contributed by atoms with Crippen molar-refractivity contribution >= 4 is 22.3 Å². The van der Waals surface area contributed by atoms with Crippen LogP contribution in [-0.2, 0) is 19.1 Å². The van der Waals surface area contributed by atoms with E-state index in [9.17, 15) is 9.59 Å². The van der Waals surface area contributed by atoms with Crippen molar-refractivity contribution in [1.82, 2.24) is 5.06 Å². The zero-order valence-electron chi connectivity index (χ0n) is 10.8. The van der Waals surface area contributed by atoms with Gasteiger partial charge in [0.15, 0.2) is 5.35 Å². The summed E-state index contributed by atoms with van der Waals surface area (Å²) in [6, 6.07) is 0. The van der Waals surface area contributed by atoms with Gasteiger partial charge < -0.3 is 14.3 Å². The van der Waals surface area contributed by atoms with Gasteiger partial charge in [0.1, 0.15) is 0 Å². The molecule has 18 heavy (non-hydrogen) atoms. The minimum atomic E-state index is -0.844. The van der Waals surface area contributed by atoms with Gasteiger partial charge in [0, 0.05) is 12.7 Å².